The van der Waals surface area contributed by atoms with Crippen LogP contribution in [0.2, 0.25) is 0 Å². The molecule has 3 aliphatic heterocycles. The number of unbranched alkanes of at least 4 members (excludes halogenated alkanes) is 5. The van der Waals surface area contributed by atoms with Gasteiger partial charge in [0.05, 0.1) is 73.4 Å². The number of rotatable bonds is 39. The van der Waals surface area contributed by atoms with Gasteiger partial charge in [0.1, 0.15) is 17.8 Å². The van der Waals surface area contributed by atoms with Gasteiger partial charge in [0.2, 0.25) is 17.7 Å². The van der Waals surface area contributed by atoms with Gasteiger partial charge in [-0.05, 0) is 152 Å². The van der Waals surface area contributed by atoms with E-state index < -0.39 is 58.6 Å². The molecule has 6 rings (SSSR count). The number of benzene rings is 1. The first-order valence-electron chi connectivity index (χ1n) is 31.6. The summed E-state index contributed by atoms with van der Waals surface area (Å²) in [5.74, 6) is -2.69. The highest BCUT2D eigenvalue weighted by Crippen LogP contribution is 2.41. The summed E-state index contributed by atoms with van der Waals surface area (Å²) in [6.07, 6.45) is 15.7. The van der Waals surface area contributed by atoms with Crippen LogP contribution in [0.3, 0.4) is 0 Å². The highest BCUT2D eigenvalue weighted by atomic mass is 32.2. The second-order valence-electron chi connectivity index (χ2n) is 25.9. The number of aromatic nitrogens is 2. The van der Waals surface area contributed by atoms with Crippen molar-refractivity contribution in [2.45, 2.75) is 148 Å². The number of carbonyl (C=O) groups is 6. The largest absolute Gasteiger partial charge is 0.737 e. The van der Waals surface area contributed by atoms with Crippen molar-refractivity contribution < 1.29 is 73.4 Å². The normalized spacial score (nSPS) is 15.7. The molecule has 3 aliphatic rings. The van der Waals surface area contributed by atoms with Crippen molar-refractivity contribution in [1.82, 2.24) is 35.4 Å². The Morgan fingerprint density at radius 3 is 2.08 bits per heavy atom. The molecule has 3 aromatic rings. The van der Waals surface area contributed by atoms with Crippen LogP contribution in [-0.2, 0) is 50.1 Å². The number of carbonyl (C=O) groups excluding carboxylic acids is 6. The second-order valence-corrected chi connectivity index (χ2v) is 27.5. The van der Waals surface area contributed by atoms with Crippen LogP contribution in [0.15, 0.2) is 65.9 Å². The molecule has 2 atom stereocenters. The number of aromatic amines is 1. The molecular formula is C64H97BF2N10O11S+2. The molecule has 21 nitrogen and oxygen atoms in total. The quantitative estimate of drug-likeness (QED) is 0.0122. The second kappa shape index (κ2) is 32.8. The Labute approximate surface area is 524 Å². The van der Waals surface area contributed by atoms with E-state index in [4.69, 9.17) is 9.57 Å². The number of hydrogen-bond donors (Lipinski definition) is 5. The van der Waals surface area contributed by atoms with Crippen molar-refractivity contribution in [3.8, 4) is 17.1 Å². The van der Waals surface area contributed by atoms with Crippen LogP contribution in [-0.4, -0.2) is 201 Å². The van der Waals surface area contributed by atoms with Gasteiger partial charge in [-0.1, -0.05) is 31.9 Å². The van der Waals surface area contributed by atoms with E-state index in [0.29, 0.717) is 116 Å². The number of fused-ring (bicyclic) bond motifs is 2. The fourth-order valence-corrected chi connectivity index (χ4v) is 11.6. The number of likely N-dealkylation sites (N-methyl/N-ethyl adjacent to an activating group) is 1. The summed E-state index contributed by atoms with van der Waals surface area (Å²) in [7, 11) is 10.2. The lowest BCUT2D eigenvalue weighted by atomic mass is 9.88. The Balaban J connectivity index is 1.04. The van der Waals surface area contributed by atoms with Crippen LogP contribution in [0.1, 0.15) is 145 Å². The van der Waals surface area contributed by atoms with E-state index in [-0.39, 0.29) is 62.7 Å². The number of aryl methyl sites for hydroxylation is 2. The van der Waals surface area contributed by atoms with E-state index in [1.54, 1.807) is 54.6 Å². The van der Waals surface area contributed by atoms with Crippen LogP contribution >= 0.6 is 0 Å². The van der Waals surface area contributed by atoms with E-state index in [1.807, 2.05) is 26.1 Å². The first-order chi connectivity index (χ1) is 42.0. The molecule has 5 heterocycles. The number of imide groups is 1. The Bertz CT molecular complexity index is 3180. The zero-order chi connectivity index (χ0) is 65.1. The molecule has 0 spiro atoms. The third kappa shape index (κ3) is 22.6. The third-order valence-corrected chi connectivity index (χ3v) is 16.8. The van der Waals surface area contributed by atoms with Crippen molar-refractivity contribution in [3.05, 3.63) is 88.4 Å². The molecule has 1 saturated heterocycles. The van der Waals surface area contributed by atoms with Crippen LogP contribution in [0.5, 0.6) is 5.75 Å². The van der Waals surface area contributed by atoms with Crippen molar-refractivity contribution in [1.29, 1.82) is 0 Å². The van der Waals surface area contributed by atoms with E-state index in [1.165, 1.54) is 0 Å². The number of nitrogens with zero attached hydrogens (tertiary/aromatic N) is 6. The van der Waals surface area contributed by atoms with Crippen molar-refractivity contribution >= 4 is 70.5 Å². The Morgan fingerprint density at radius 1 is 0.798 bits per heavy atom. The third-order valence-electron chi connectivity index (χ3n) is 16.0. The molecule has 1 aromatic carbocycles. The lowest BCUT2D eigenvalue weighted by Gasteiger charge is -2.31. The molecule has 490 valence electrons. The SMILES string of the molecule is CCCCc1cc(-c2ccc(C)[nH]2)n2c1C=C1C(CCCS(=O)(=O)O)=CC(/C=C/c3ccc(OCCCC(=O)NC(CCCC[N+](C)(C)C)C(=O)NC(CCCC[N+](C)(C)C)C(=O)NCCN(C)CCCCCC(=O)ON4C(=O)CCC4=O)cc3)=[N+]1[B-]2(F)F. The fourth-order valence-electron chi connectivity index (χ4n) is 11.1. The van der Waals surface area contributed by atoms with Gasteiger partial charge in [-0.3, -0.25) is 28.5 Å². The lowest BCUT2D eigenvalue weighted by molar-refractivity contribution is -0.870. The van der Waals surface area contributed by atoms with Gasteiger partial charge in [0, 0.05) is 79.7 Å². The van der Waals surface area contributed by atoms with Crippen molar-refractivity contribution in [3.63, 3.8) is 0 Å². The fraction of sp³-hybridized carbons (Fsp3) is 0.578. The molecule has 0 bridgehead atoms. The molecule has 0 saturated carbocycles. The van der Waals surface area contributed by atoms with Crippen LogP contribution in [0.4, 0.5) is 8.63 Å². The molecule has 0 radical (unpaired) electrons. The minimum Gasteiger partial charge on any atom is -0.494 e. The van der Waals surface area contributed by atoms with E-state index in [2.05, 4.69) is 75.0 Å². The summed E-state index contributed by atoms with van der Waals surface area (Å²) < 4.78 is 77.4. The van der Waals surface area contributed by atoms with Gasteiger partial charge in [0.25, 0.3) is 21.9 Å². The average Bonchev–Trinajstić information content (AvgIpc) is 1.58. The zero-order valence-corrected chi connectivity index (χ0v) is 54.7. The summed E-state index contributed by atoms with van der Waals surface area (Å²) >= 11 is 0. The van der Waals surface area contributed by atoms with Gasteiger partial charge < -0.3 is 62.0 Å². The van der Waals surface area contributed by atoms with Gasteiger partial charge >= 0.3 is 12.9 Å². The smallest absolute Gasteiger partial charge is 0.494 e. The molecule has 89 heavy (non-hydrogen) atoms. The number of hydrogen-bond acceptors (Lipinski definition) is 11. The number of hydroxylamine groups is 2. The molecule has 2 aromatic heterocycles. The summed E-state index contributed by atoms with van der Waals surface area (Å²) in [5, 5.41) is 9.52. The lowest BCUT2D eigenvalue weighted by Crippen LogP contribution is -2.54. The molecule has 5 N–H and O–H groups in total. The topological polar surface area (TPSA) is 242 Å². The van der Waals surface area contributed by atoms with Gasteiger partial charge in [-0.2, -0.15) is 8.42 Å². The number of ether oxygens (including phenoxy) is 1. The number of H-pyrrole nitrogens is 1. The van der Waals surface area contributed by atoms with Crippen molar-refractivity contribution in [2.24, 2.45) is 0 Å². The standard InChI is InChI=1S/C64H95BF2N10O11S/c1-10-11-21-50-45-58(53-34-27-47(2)69-53)74-57(50)46-56-49(22-20-43-89(84,85)86)44-51(73(56)65(74,66)67)31-28-48-29-32-52(33-30-48)87-42-19-25-59(78)70-55(24-15-18-41-77(7,8)9)64(83)71-54(23-14-17-40-76(4,5)6)63(82)68-37-39-72(3)38-16-12-13-26-62(81)88-75-60(79)35-36-61(75)80/h27-34,44-46,54-55,69H,10-26,35-43H2,1-9H3,(H2-2,68,70,71,78,82,83,84,85,86)/p+2/b31-28+. The summed E-state index contributed by atoms with van der Waals surface area (Å²) in [6, 6.07) is 10.9. The maximum Gasteiger partial charge on any atom is 0.737 e. The Hall–Kier alpha value is -6.80. The first kappa shape index (κ1) is 71.3. The van der Waals surface area contributed by atoms with Gasteiger partial charge in [0.15, 0.2) is 11.4 Å². The number of amides is 5. The highest BCUT2D eigenvalue weighted by Gasteiger charge is 2.54. The molecule has 1 fully saturated rings. The monoisotopic (exact) mass is 1260 g/mol. The number of halogens is 2. The molecule has 0 aliphatic carbocycles. The predicted molar refractivity (Wildman–Crippen MR) is 342 cm³/mol. The number of quaternary nitrogens is 2. The summed E-state index contributed by atoms with van der Waals surface area (Å²) in [4.78, 5) is 87.5. The van der Waals surface area contributed by atoms with Gasteiger partial charge in [-0.25, -0.2) is 4.79 Å². The number of nitrogens with one attached hydrogen (secondary N) is 4. The predicted octanol–water partition coefficient (Wildman–Crippen LogP) is 7.58. The van der Waals surface area contributed by atoms with Gasteiger partial charge in [-0.15, -0.1) is 5.06 Å². The molecule has 5 amide bonds. The minimum absolute atomic E-state index is 0.0397. The first-order valence-corrected chi connectivity index (χ1v) is 33.2. The average molecular weight is 1260 g/mol. The molecular weight excluding hydrogens is 1170 g/mol. The number of allylic oxidation sites excluding steroid dienone is 3. The maximum absolute atomic E-state index is 17.4. The minimum atomic E-state index is -4.46. The Morgan fingerprint density at radius 2 is 1.46 bits per heavy atom. The highest BCUT2D eigenvalue weighted by molar-refractivity contribution is 7.85. The van der Waals surface area contributed by atoms with Crippen LogP contribution in [0.25, 0.3) is 23.5 Å². The summed E-state index contributed by atoms with van der Waals surface area (Å²) in [5.41, 5.74) is 4.75. The van der Waals surface area contributed by atoms with E-state index >= 15 is 8.63 Å². The summed E-state index contributed by atoms with van der Waals surface area (Å²) in [6.45, 7) is 2.97. The Kier molecular flexibility index (Phi) is 26.3. The molecule has 2 unspecified atom stereocenters. The van der Waals surface area contributed by atoms with E-state index in [0.717, 1.165) is 74.4 Å². The maximum atomic E-state index is 17.4. The van der Waals surface area contributed by atoms with Crippen LogP contribution in [0, 0.1) is 6.92 Å². The molecule has 25 heteroatoms. The van der Waals surface area contributed by atoms with Crippen molar-refractivity contribution in [2.75, 3.05) is 94.4 Å². The zero-order valence-electron chi connectivity index (χ0n) is 53.8. The van der Waals surface area contributed by atoms with Crippen LogP contribution < -0.4 is 20.7 Å². The van der Waals surface area contributed by atoms with E-state index in [9.17, 15) is 41.7 Å².